The maximum absolute atomic E-state index is 11.8. The number of non-ortho nitro benzene ring substituents is 1. The Bertz CT molecular complexity index is 700. The second-order valence-corrected chi connectivity index (χ2v) is 6.88. The maximum atomic E-state index is 11.8. The van der Waals surface area contributed by atoms with Gasteiger partial charge in [-0.1, -0.05) is 0 Å². The topological polar surface area (TPSA) is 116 Å². The number of benzene rings is 1. The third kappa shape index (κ3) is 4.17. The number of ketones is 1. The lowest BCUT2D eigenvalue weighted by atomic mass is 9.96. The van der Waals surface area contributed by atoms with Gasteiger partial charge in [0.1, 0.15) is 0 Å². The van der Waals surface area contributed by atoms with E-state index in [0.717, 1.165) is 25.2 Å². The molecule has 0 amide bonds. The fourth-order valence-electron chi connectivity index (χ4n) is 2.23. The zero-order chi connectivity index (χ0) is 16.3. The number of anilines is 1. The van der Waals surface area contributed by atoms with E-state index in [9.17, 15) is 23.3 Å². The van der Waals surface area contributed by atoms with Crippen LogP contribution >= 0.6 is 0 Å². The average Bonchev–Trinajstić information content (AvgIpc) is 2.41. The summed E-state index contributed by atoms with van der Waals surface area (Å²) in [4.78, 5) is 22.1. The standard InChI is InChI=1S/C13H16N2O6S/c1-22(19,20)14-10-7-6-9(15(17)18)8-13(10)21-12-5-3-2-4-11(12)16/h6-8,12,14H,2-5H2,1H3. The highest BCUT2D eigenvalue weighted by molar-refractivity contribution is 7.92. The first kappa shape index (κ1) is 16.2. The molecule has 0 bridgehead atoms. The number of sulfonamides is 1. The van der Waals surface area contributed by atoms with Crippen LogP contribution in [0.5, 0.6) is 5.75 Å². The molecule has 2 rings (SSSR count). The molecule has 0 radical (unpaired) electrons. The van der Waals surface area contributed by atoms with Crippen molar-refractivity contribution in [2.75, 3.05) is 11.0 Å². The molecule has 9 heteroatoms. The van der Waals surface area contributed by atoms with Gasteiger partial charge in [-0.2, -0.15) is 0 Å². The van der Waals surface area contributed by atoms with Crippen LogP contribution in [0.4, 0.5) is 11.4 Å². The van der Waals surface area contributed by atoms with Gasteiger partial charge < -0.3 is 4.74 Å². The van der Waals surface area contributed by atoms with Crippen molar-refractivity contribution in [3.63, 3.8) is 0 Å². The van der Waals surface area contributed by atoms with Gasteiger partial charge in [-0.05, 0) is 25.3 Å². The fraction of sp³-hybridized carbons (Fsp3) is 0.462. The first-order chi connectivity index (χ1) is 10.3. The molecule has 1 aromatic rings. The third-order valence-corrected chi connectivity index (χ3v) is 3.83. The Morgan fingerprint density at radius 2 is 2.09 bits per heavy atom. The Hall–Kier alpha value is -2.16. The monoisotopic (exact) mass is 328 g/mol. The Morgan fingerprint density at radius 1 is 1.36 bits per heavy atom. The van der Waals surface area contributed by atoms with E-state index in [0.29, 0.717) is 12.8 Å². The van der Waals surface area contributed by atoms with E-state index in [4.69, 9.17) is 4.74 Å². The number of hydrogen-bond donors (Lipinski definition) is 1. The summed E-state index contributed by atoms with van der Waals surface area (Å²) in [5, 5.41) is 10.9. The summed E-state index contributed by atoms with van der Waals surface area (Å²) in [5.41, 5.74) is -0.163. The fourth-order valence-corrected chi connectivity index (χ4v) is 2.80. The predicted molar refractivity (Wildman–Crippen MR) is 79.5 cm³/mol. The molecule has 8 nitrogen and oxygen atoms in total. The van der Waals surface area contributed by atoms with Crippen molar-refractivity contribution in [3.05, 3.63) is 28.3 Å². The summed E-state index contributed by atoms with van der Waals surface area (Å²) in [6, 6.07) is 3.54. The van der Waals surface area contributed by atoms with E-state index in [1.165, 1.54) is 12.1 Å². The summed E-state index contributed by atoms with van der Waals surface area (Å²) < 4.78 is 30.5. The van der Waals surface area contributed by atoms with Crippen LogP contribution in [0, 0.1) is 10.1 Å². The highest BCUT2D eigenvalue weighted by atomic mass is 32.2. The molecule has 1 unspecified atom stereocenters. The molecule has 0 aliphatic heterocycles. The van der Waals surface area contributed by atoms with Gasteiger partial charge in [0.25, 0.3) is 5.69 Å². The van der Waals surface area contributed by atoms with Crippen molar-refractivity contribution in [1.29, 1.82) is 0 Å². The van der Waals surface area contributed by atoms with Gasteiger partial charge >= 0.3 is 0 Å². The lowest BCUT2D eigenvalue weighted by molar-refractivity contribution is -0.384. The van der Waals surface area contributed by atoms with Crippen molar-refractivity contribution in [2.45, 2.75) is 31.8 Å². The van der Waals surface area contributed by atoms with Gasteiger partial charge in [0.2, 0.25) is 10.0 Å². The minimum Gasteiger partial charge on any atom is -0.480 e. The minimum absolute atomic E-state index is 0.0140. The lowest BCUT2D eigenvalue weighted by Crippen LogP contribution is -2.30. The largest absolute Gasteiger partial charge is 0.480 e. The number of nitro benzene ring substituents is 1. The molecule has 1 aromatic carbocycles. The van der Waals surface area contributed by atoms with Gasteiger partial charge in [-0.3, -0.25) is 19.6 Å². The lowest BCUT2D eigenvalue weighted by Gasteiger charge is -2.23. The molecular formula is C13H16N2O6S. The molecule has 0 spiro atoms. The Kier molecular flexibility index (Phi) is 4.65. The third-order valence-electron chi connectivity index (χ3n) is 3.24. The van der Waals surface area contributed by atoms with E-state index >= 15 is 0 Å². The Morgan fingerprint density at radius 3 is 2.68 bits per heavy atom. The van der Waals surface area contributed by atoms with Crippen LogP contribution in [0.15, 0.2) is 18.2 Å². The zero-order valence-corrected chi connectivity index (χ0v) is 12.8. The molecule has 0 aromatic heterocycles. The first-order valence-corrected chi connectivity index (χ1v) is 8.61. The van der Waals surface area contributed by atoms with Gasteiger partial charge in [0.15, 0.2) is 17.6 Å². The number of Topliss-reactive ketones (excluding diaryl/α,β-unsaturated/α-hetero) is 1. The summed E-state index contributed by atoms with van der Waals surface area (Å²) in [6.07, 6.45) is 2.79. The van der Waals surface area contributed by atoms with E-state index in [2.05, 4.69) is 4.72 Å². The van der Waals surface area contributed by atoms with Crippen molar-refractivity contribution in [3.8, 4) is 5.75 Å². The maximum Gasteiger partial charge on any atom is 0.273 e. The SMILES string of the molecule is CS(=O)(=O)Nc1ccc([N+](=O)[O-])cc1OC1CCCCC1=O. The molecule has 0 heterocycles. The molecule has 1 fully saturated rings. The van der Waals surface area contributed by atoms with Gasteiger partial charge in [0, 0.05) is 12.5 Å². The van der Waals surface area contributed by atoms with Crippen molar-refractivity contribution >= 4 is 27.2 Å². The predicted octanol–water partition coefficient (Wildman–Crippen LogP) is 1.86. The zero-order valence-electron chi connectivity index (χ0n) is 11.9. The number of carbonyl (C=O) groups excluding carboxylic acids is 1. The minimum atomic E-state index is -3.57. The molecule has 1 atom stereocenters. The quantitative estimate of drug-likeness (QED) is 0.651. The number of rotatable bonds is 5. The summed E-state index contributed by atoms with van der Waals surface area (Å²) in [6.45, 7) is 0. The van der Waals surface area contributed by atoms with Crippen LogP contribution in [-0.2, 0) is 14.8 Å². The van der Waals surface area contributed by atoms with Crippen molar-refractivity contribution < 1.29 is 22.9 Å². The Labute approximate surface area is 127 Å². The van der Waals surface area contributed by atoms with Gasteiger partial charge in [0.05, 0.1) is 22.9 Å². The van der Waals surface area contributed by atoms with E-state index in [1.54, 1.807) is 0 Å². The van der Waals surface area contributed by atoms with Crippen LogP contribution in [0.2, 0.25) is 0 Å². The average molecular weight is 328 g/mol. The van der Waals surface area contributed by atoms with Crippen molar-refractivity contribution in [1.82, 2.24) is 0 Å². The number of carbonyl (C=O) groups is 1. The number of nitrogens with zero attached hydrogens (tertiary/aromatic N) is 1. The summed E-state index contributed by atoms with van der Waals surface area (Å²) in [5.74, 6) is -0.0945. The van der Waals surface area contributed by atoms with Crippen LogP contribution in [0.1, 0.15) is 25.7 Å². The molecule has 22 heavy (non-hydrogen) atoms. The molecule has 1 saturated carbocycles. The van der Waals surface area contributed by atoms with Gasteiger partial charge in [-0.15, -0.1) is 0 Å². The number of hydrogen-bond acceptors (Lipinski definition) is 6. The van der Waals surface area contributed by atoms with E-state index < -0.39 is 21.1 Å². The molecule has 120 valence electrons. The van der Waals surface area contributed by atoms with Crippen LogP contribution in [0.3, 0.4) is 0 Å². The van der Waals surface area contributed by atoms with Crippen LogP contribution < -0.4 is 9.46 Å². The summed E-state index contributed by atoms with van der Waals surface area (Å²) in [7, 11) is -3.57. The van der Waals surface area contributed by atoms with E-state index in [-0.39, 0.29) is 22.9 Å². The van der Waals surface area contributed by atoms with Gasteiger partial charge in [-0.25, -0.2) is 8.42 Å². The first-order valence-electron chi connectivity index (χ1n) is 6.72. The number of nitrogens with one attached hydrogen (secondary N) is 1. The smallest absolute Gasteiger partial charge is 0.273 e. The molecular weight excluding hydrogens is 312 g/mol. The summed E-state index contributed by atoms with van der Waals surface area (Å²) >= 11 is 0. The Balaban J connectivity index is 2.34. The molecule has 1 aliphatic rings. The van der Waals surface area contributed by atoms with Crippen LogP contribution in [-0.4, -0.2) is 31.5 Å². The second-order valence-electron chi connectivity index (χ2n) is 5.13. The molecule has 1 N–H and O–H groups in total. The van der Waals surface area contributed by atoms with Crippen molar-refractivity contribution in [2.24, 2.45) is 0 Å². The van der Waals surface area contributed by atoms with E-state index in [1.807, 2.05) is 0 Å². The molecule has 1 aliphatic carbocycles. The number of ether oxygens (including phenoxy) is 1. The highest BCUT2D eigenvalue weighted by Gasteiger charge is 2.26. The number of nitro groups is 1. The van der Waals surface area contributed by atoms with Crippen LogP contribution in [0.25, 0.3) is 0 Å². The normalized spacial score (nSPS) is 18.8. The molecule has 0 saturated heterocycles. The second kappa shape index (κ2) is 6.30. The highest BCUT2D eigenvalue weighted by Crippen LogP contribution is 2.32.